The molecule has 72 valence electrons. The molecule has 0 saturated heterocycles. The average Bonchev–Trinajstić information content (AvgIpc) is 2.65. The second kappa shape index (κ2) is 2.92. The SMILES string of the molecule is O=C1CCSc2ccc3c(c21)OCO3. The quantitative estimate of drug-likeness (QED) is 0.654. The van der Waals surface area contributed by atoms with E-state index in [2.05, 4.69) is 0 Å². The predicted molar refractivity (Wildman–Crippen MR) is 52.2 cm³/mol. The fourth-order valence-corrected chi connectivity index (χ4v) is 2.74. The number of carbonyl (C=O) groups is 1. The smallest absolute Gasteiger partial charge is 0.231 e. The van der Waals surface area contributed by atoms with Crippen LogP contribution in [0.4, 0.5) is 0 Å². The van der Waals surface area contributed by atoms with Gasteiger partial charge in [-0.25, -0.2) is 0 Å². The molecule has 1 aromatic rings. The molecule has 0 amide bonds. The Labute approximate surface area is 85.4 Å². The number of thioether (sulfide) groups is 1. The Morgan fingerprint density at radius 3 is 3.14 bits per heavy atom. The van der Waals surface area contributed by atoms with Crippen molar-refractivity contribution >= 4 is 17.5 Å². The second-order valence-electron chi connectivity index (χ2n) is 3.19. The Morgan fingerprint density at radius 1 is 1.29 bits per heavy atom. The van der Waals surface area contributed by atoms with Crippen molar-refractivity contribution in [2.24, 2.45) is 0 Å². The number of hydrogen-bond acceptors (Lipinski definition) is 4. The van der Waals surface area contributed by atoms with Crippen molar-refractivity contribution < 1.29 is 14.3 Å². The summed E-state index contributed by atoms with van der Waals surface area (Å²) < 4.78 is 10.5. The molecule has 14 heavy (non-hydrogen) atoms. The fourth-order valence-electron chi connectivity index (χ4n) is 1.72. The number of fused-ring (bicyclic) bond motifs is 3. The maximum atomic E-state index is 11.7. The summed E-state index contributed by atoms with van der Waals surface area (Å²) >= 11 is 1.70. The molecule has 3 rings (SSSR count). The summed E-state index contributed by atoms with van der Waals surface area (Å²) in [5, 5.41) is 0. The highest BCUT2D eigenvalue weighted by Crippen LogP contribution is 2.43. The van der Waals surface area contributed by atoms with Crippen LogP contribution in [0.1, 0.15) is 16.8 Å². The molecular weight excluding hydrogens is 200 g/mol. The Kier molecular flexibility index (Phi) is 1.70. The van der Waals surface area contributed by atoms with E-state index in [1.807, 2.05) is 12.1 Å². The van der Waals surface area contributed by atoms with Crippen LogP contribution in [-0.2, 0) is 0 Å². The van der Waals surface area contributed by atoms with Gasteiger partial charge in [0, 0.05) is 17.1 Å². The summed E-state index contributed by atoms with van der Waals surface area (Å²) in [5.74, 6) is 2.37. The summed E-state index contributed by atoms with van der Waals surface area (Å²) in [5.41, 5.74) is 0.719. The number of benzene rings is 1. The minimum Gasteiger partial charge on any atom is -0.454 e. The van der Waals surface area contributed by atoms with Gasteiger partial charge in [-0.05, 0) is 12.1 Å². The highest BCUT2D eigenvalue weighted by molar-refractivity contribution is 7.99. The molecule has 0 N–H and O–H groups in total. The van der Waals surface area contributed by atoms with Gasteiger partial charge in [0.05, 0.1) is 5.56 Å². The Morgan fingerprint density at radius 2 is 2.21 bits per heavy atom. The Hall–Kier alpha value is -1.16. The number of ketones is 1. The summed E-state index contributed by atoms with van der Waals surface area (Å²) in [7, 11) is 0. The molecule has 0 bridgehead atoms. The molecule has 0 atom stereocenters. The van der Waals surface area contributed by atoms with Gasteiger partial charge in [0.2, 0.25) is 6.79 Å². The van der Waals surface area contributed by atoms with Gasteiger partial charge in [-0.3, -0.25) is 4.79 Å². The third-order valence-corrected chi connectivity index (χ3v) is 3.43. The lowest BCUT2D eigenvalue weighted by Crippen LogP contribution is -2.09. The van der Waals surface area contributed by atoms with Crippen LogP contribution in [0.2, 0.25) is 0 Å². The molecule has 3 nitrogen and oxygen atoms in total. The highest BCUT2D eigenvalue weighted by Gasteiger charge is 2.27. The zero-order valence-corrected chi connectivity index (χ0v) is 8.23. The van der Waals surface area contributed by atoms with E-state index in [0.717, 1.165) is 16.2 Å². The second-order valence-corrected chi connectivity index (χ2v) is 4.33. The third-order valence-electron chi connectivity index (χ3n) is 2.37. The van der Waals surface area contributed by atoms with Crippen molar-refractivity contribution in [3.63, 3.8) is 0 Å². The molecule has 0 saturated carbocycles. The lowest BCUT2D eigenvalue weighted by Gasteiger charge is -2.15. The van der Waals surface area contributed by atoms with Crippen LogP contribution in [-0.4, -0.2) is 18.3 Å². The van der Waals surface area contributed by atoms with Gasteiger partial charge in [-0.2, -0.15) is 0 Å². The maximum absolute atomic E-state index is 11.7. The first-order valence-corrected chi connectivity index (χ1v) is 5.43. The zero-order valence-electron chi connectivity index (χ0n) is 7.41. The maximum Gasteiger partial charge on any atom is 0.231 e. The van der Waals surface area contributed by atoms with E-state index in [1.165, 1.54) is 0 Å². The monoisotopic (exact) mass is 208 g/mol. The predicted octanol–water partition coefficient (Wildman–Crippen LogP) is 2.09. The standard InChI is InChI=1S/C10H8O3S/c11-6-3-4-14-8-2-1-7-10(9(6)8)13-5-12-7/h1-2H,3-5H2. The van der Waals surface area contributed by atoms with E-state index in [4.69, 9.17) is 9.47 Å². The largest absolute Gasteiger partial charge is 0.454 e. The number of hydrogen-bond donors (Lipinski definition) is 0. The third kappa shape index (κ3) is 1.04. The first kappa shape index (κ1) is 8.17. The van der Waals surface area contributed by atoms with Crippen molar-refractivity contribution in [3.05, 3.63) is 17.7 Å². The van der Waals surface area contributed by atoms with Crippen LogP contribution in [0.5, 0.6) is 11.5 Å². The average molecular weight is 208 g/mol. The molecule has 2 aliphatic rings. The fraction of sp³-hybridized carbons (Fsp3) is 0.300. The lowest BCUT2D eigenvalue weighted by atomic mass is 10.1. The van der Waals surface area contributed by atoms with Crippen molar-refractivity contribution in [3.8, 4) is 11.5 Å². The van der Waals surface area contributed by atoms with Crippen LogP contribution in [0, 0.1) is 0 Å². The normalized spacial score (nSPS) is 18.1. The summed E-state index contributed by atoms with van der Waals surface area (Å²) in [6.07, 6.45) is 0.595. The van der Waals surface area contributed by atoms with Gasteiger partial charge in [-0.15, -0.1) is 11.8 Å². The van der Waals surface area contributed by atoms with Crippen LogP contribution in [0.3, 0.4) is 0 Å². The van der Waals surface area contributed by atoms with Gasteiger partial charge in [-0.1, -0.05) is 0 Å². The number of carbonyl (C=O) groups excluding carboxylic acids is 1. The minimum atomic E-state index is 0.168. The molecule has 2 aliphatic heterocycles. The van der Waals surface area contributed by atoms with Crippen molar-refractivity contribution in [1.29, 1.82) is 0 Å². The molecule has 0 aromatic heterocycles. The number of Topliss-reactive ketones (excluding diaryl/α,β-unsaturated/α-hetero) is 1. The molecule has 0 fully saturated rings. The van der Waals surface area contributed by atoms with Gasteiger partial charge >= 0.3 is 0 Å². The molecule has 4 heteroatoms. The zero-order chi connectivity index (χ0) is 9.54. The van der Waals surface area contributed by atoms with E-state index in [-0.39, 0.29) is 12.6 Å². The van der Waals surface area contributed by atoms with E-state index in [9.17, 15) is 4.79 Å². The molecule has 1 aromatic carbocycles. The van der Waals surface area contributed by atoms with Crippen LogP contribution in [0.25, 0.3) is 0 Å². The van der Waals surface area contributed by atoms with Crippen molar-refractivity contribution in [1.82, 2.24) is 0 Å². The molecule has 0 radical (unpaired) electrons. The molecule has 2 heterocycles. The Bertz CT molecular complexity index is 414. The minimum absolute atomic E-state index is 0.168. The molecule has 0 spiro atoms. The summed E-state index contributed by atoms with van der Waals surface area (Å²) in [6.45, 7) is 0.226. The van der Waals surface area contributed by atoms with E-state index in [1.54, 1.807) is 11.8 Å². The van der Waals surface area contributed by atoms with Gasteiger partial charge in [0.25, 0.3) is 0 Å². The number of rotatable bonds is 0. The Balaban J connectivity index is 2.24. The van der Waals surface area contributed by atoms with Gasteiger partial charge in [0.15, 0.2) is 17.3 Å². The summed E-state index contributed by atoms with van der Waals surface area (Å²) in [6, 6.07) is 3.80. The van der Waals surface area contributed by atoms with Gasteiger partial charge < -0.3 is 9.47 Å². The van der Waals surface area contributed by atoms with E-state index >= 15 is 0 Å². The van der Waals surface area contributed by atoms with E-state index in [0.29, 0.717) is 17.9 Å². The lowest BCUT2D eigenvalue weighted by molar-refractivity contribution is 0.0980. The first-order chi connectivity index (χ1) is 6.86. The van der Waals surface area contributed by atoms with Crippen LogP contribution in [0.15, 0.2) is 17.0 Å². The van der Waals surface area contributed by atoms with Crippen molar-refractivity contribution in [2.45, 2.75) is 11.3 Å². The number of ether oxygens (including phenoxy) is 2. The summed E-state index contributed by atoms with van der Waals surface area (Å²) in [4.78, 5) is 12.7. The topological polar surface area (TPSA) is 35.5 Å². The van der Waals surface area contributed by atoms with Gasteiger partial charge in [0.1, 0.15) is 0 Å². The van der Waals surface area contributed by atoms with E-state index < -0.39 is 0 Å². The highest BCUT2D eigenvalue weighted by atomic mass is 32.2. The molecule has 0 unspecified atom stereocenters. The van der Waals surface area contributed by atoms with Crippen LogP contribution >= 0.6 is 11.8 Å². The van der Waals surface area contributed by atoms with Crippen molar-refractivity contribution in [2.75, 3.05) is 12.5 Å². The molecule has 0 aliphatic carbocycles. The first-order valence-electron chi connectivity index (χ1n) is 4.45. The van der Waals surface area contributed by atoms with Crippen LogP contribution < -0.4 is 9.47 Å². The molecular formula is C10H8O3S.